The average molecular weight is 513 g/mol. The second-order valence-electron chi connectivity index (χ2n) is 5.97. The van der Waals surface area contributed by atoms with Crippen molar-refractivity contribution in [2.75, 3.05) is 0 Å². The molecule has 0 aliphatic carbocycles. The molecule has 0 bridgehead atoms. The molecule has 30 heavy (non-hydrogen) atoms. The first kappa shape index (κ1) is 21.8. The number of benzene rings is 2. The number of nitro groups is 1. The van der Waals surface area contributed by atoms with E-state index in [0.717, 1.165) is 5.56 Å². The van der Waals surface area contributed by atoms with Crippen molar-refractivity contribution in [1.29, 1.82) is 0 Å². The van der Waals surface area contributed by atoms with Gasteiger partial charge in [0.15, 0.2) is 5.69 Å². The van der Waals surface area contributed by atoms with Gasteiger partial charge in [0, 0.05) is 28.9 Å². The van der Waals surface area contributed by atoms with Gasteiger partial charge in [0.25, 0.3) is 11.6 Å². The van der Waals surface area contributed by atoms with Gasteiger partial charge in [0.05, 0.1) is 27.2 Å². The number of nitrogens with zero attached hydrogens (tertiary/aromatic N) is 4. The SMILES string of the molecule is O=C(N/N=C/c1cc(Cl)cc(Cl)c1O)c1nn(Cc2ccc([N+](=O)[O-])cc2)cc1Br. The molecule has 9 nitrogen and oxygen atoms in total. The van der Waals surface area contributed by atoms with Crippen molar-refractivity contribution in [2.45, 2.75) is 6.54 Å². The molecule has 1 amide bonds. The lowest BCUT2D eigenvalue weighted by atomic mass is 10.2. The molecular weight excluding hydrogens is 501 g/mol. The van der Waals surface area contributed by atoms with Crippen molar-refractivity contribution >= 4 is 56.9 Å². The molecule has 0 atom stereocenters. The molecule has 154 valence electrons. The highest BCUT2D eigenvalue weighted by Gasteiger charge is 2.15. The predicted molar refractivity (Wildman–Crippen MR) is 115 cm³/mol. The number of rotatable bonds is 6. The molecular formula is C18H12BrCl2N5O4. The normalized spacial score (nSPS) is 11.0. The zero-order valence-electron chi connectivity index (χ0n) is 14.9. The van der Waals surface area contributed by atoms with Crippen molar-refractivity contribution in [3.8, 4) is 5.75 Å². The van der Waals surface area contributed by atoms with E-state index in [1.807, 2.05) is 0 Å². The third-order valence-corrected chi connectivity index (χ3v) is 4.94. The largest absolute Gasteiger partial charge is 0.506 e. The summed E-state index contributed by atoms with van der Waals surface area (Å²) in [6, 6.07) is 8.83. The Kier molecular flexibility index (Phi) is 6.70. The Labute approximate surface area is 188 Å². The van der Waals surface area contributed by atoms with E-state index in [-0.39, 0.29) is 27.7 Å². The minimum atomic E-state index is -0.590. The Balaban J connectivity index is 1.68. The number of carbonyl (C=O) groups excluding carboxylic acids is 1. The fourth-order valence-corrected chi connectivity index (χ4v) is 3.44. The topological polar surface area (TPSA) is 123 Å². The van der Waals surface area contributed by atoms with Crippen LogP contribution in [-0.4, -0.2) is 31.9 Å². The lowest BCUT2D eigenvalue weighted by Gasteiger charge is -2.03. The third kappa shape index (κ3) is 5.15. The third-order valence-electron chi connectivity index (χ3n) is 3.85. The Hall–Kier alpha value is -2.95. The number of phenols is 1. The van der Waals surface area contributed by atoms with Crippen LogP contribution in [0.25, 0.3) is 0 Å². The van der Waals surface area contributed by atoms with Gasteiger partial charge in [-0.25, -0.2) is 5.43 Å². The van der Waals surface area contributed by atoms with E-state index >= 15 is 0 Å². The van der Waals surface area contributed by atoms with Crippen LogP contribution in [-0.2, 0) is 6.54 Å². The summed E-state index contributed by atoms with van der Waals surface area (Å²) in [4.78, 5) is 22.6. The molecule has 0 saturated heterocycles. The number of phenolic OH excluding ortho intramolecular Hbond substituents is 1. The minimum absolute atomic E-state index is 0.00893. The number of hydrazone groups is 1. The van der Waals surface area contributed by atoms with E-state index in [1.54, 1.807) is 18.3 Å². The molecule has 1 aromatic heterocycles. The summed E-state index contributed by atoms with van der Waals surface area (Å²) in [7, 11) is 0. The van der Waals surface area contributed by atoms with Gasteiger partial charge < -0.3 is 5.11 Å². The van der Waals surface area contributed by atoms with Crippen LogP contribution in [0.2, 0.25) is 10.0 Å². The van der Waals surface area contributed by atoms with Crippen LogP contribution >= 0.6 is 39.1 Å². The van der Waals surface area contributed by atoms with Crippen LogP contribution in [0.1, 0.15) is 21.6 Å². The van der Waals surface area contributed by atoms with E-state index in [0.29, 0.717) is 16.0 Å². The maximum atomic E-state index is 12.3. The molecule has 2 aromatic carbocycles. The van der Waals surface area contributed by atoms with Crippen LogP contribution in [0.15, 0.2) is 52.2 Å². The monoisotopic (exact) mass is 511 g/mol. The first-order valence-electron chi connectivity index (χ1n) is 8.22. The molecule has 0 aliphatic rings. The van der Waals surface area contributed by atoms with Crippen LogP contribution in [0, 0.1) is 10.1 Å². The van der Waals surface area contributed by atoms with Gasteiger partial charge in [-0.1, -0.05) is 35.3 Å². The average Bonchev–Trinajstić information content (AvgIpc) is 3.06. The van der Waals surface area contributed by atoms with Gasteiger partial charge in [-0.2, -0.15) is 10.2 Å². The van der Waals surface area contributed by atoms with Gasteiger partial charge in [-0.15, -0.1) is 0 Å². The minimum Gasteiger partial charge on any atom is -0.506 e. The van der Waals surface area contributed by atoms with Crippen molar-refractivity contribution in [1.82, 2.24) is 15.2 Å². The quantitative estimate of drug-likeness (QED) is 0.288. The standard InChI is InChI=1S/C18H12BrCl2N5O4/c19-14-9-25(8-10-1-3-13(4-2-10)26(29)30)24-16(14)18(28)23-22-7-11-5-12(20)6-15(21)17(11)27/h1-7,9,27H,8H2,(H,23,28)/b22-7+. The summed E-state index contributed by atoms with van der Waals surface area (Å²) in [5.74, 6) is -0.805. The number of halogens is 3. The molecule has 0 radical (unpaired) electrons. The Morgan fingerprint density at radius 1 is 1.33 bits per heavy atom. The predicted octanol–water partition coefficient (Wildman–Crippen LogP) is 4.38. The molecule has 3 aromatic rings. The molecule has 12 heteroatoms. The number of nitro benzene ring substituents is 1. The highest BCUT2D eigenvalue weighted by atomic mass is 79.9. The second kappa shape index (κ2) is 9.24. The highest BCUT2D eigenvalue weighted by Crippen LogP contribution is 2.30. The number of nitrogens with one attached hydrogen (secondary N) is 1. The number of aromatic hydroxyl groups is 1. The summed E-state index contributed by atoms with van der Waals surface area (Å²) >= 11 is 15.0. The van der Waals surface area contributed by atoms with Crippen LogP contribution in [0.5, 0.6) is 5.75 Å². The van der Waals surface area contributed by atoms with E-state index in [4.69, 9.17) is 23.2 Å². The molecule has 3 rings (SSSR count). The Morgan fingerprint density at radius 2 is 2.03 bits per heavy atom. The summed E-state index contributed by atoms with van der Waals surface area (Å²) < 4.78 is 1.94. The van der Waals surface area contributed by atoms with Crippen molar-refractivity contribution in [3.63, 3.8) is 0 Å². The van der Waals surface area contributed by atoms with Gasteiger partial charge in [-0.3, -0.25) is 19.6 Å². The Bertz CT molecular complexity index is 1150. The van der Waals surface area contributed by atoms with E-state index < -0.39 is 10.8 Å². The molecule has 0 spiro atoms. The zero-order chi connectivity index (χ0) is 21.8. The number of aromatic nitrogens is 2. The van der Waals surface area contributed by atoms with Gasteiger partial charge in [-0.05, 0) is 33.6 Å². The summed E-state index contributed by atoms with van der Waals surface area (Å²) in [5, 5.41) is 28.9. The first-order chi connectivity index (χ1) is 14.2. The second-order valence-corrected chi connectivity index (χ2v) is 7.67. The number of non-ortho nitro benzene ring substituents is 1. The lowest BCUT2D eigenvalue weighted by Crippen LogP contribution is -2.19. The van der Waals surface area contributed by atoms with E-state index in [2.05, 4.69) is 31.6 Å². The van der Waals surface area contributed by atoms with E-state index in [1.165, 1.54) is 35.2 Å². The molecule has 2 N–H and O–H groups in total. The highest BCUT2D eigenvalue weighted by molar-refractivity contribution is 9.10. The van der Waals surface area contributed by atoms with Crippen LogP contribution < -0.4 is 5.43 Å². The molecule has 1 heterocycles. The molecule has 0 aliphatic heterocycles. The summed E-state index contributed by atoms with van der Waals surface area (Å²) in [6.45, 7) is 0.308. The fraction of sp³-hybridized carbons (Fsp3) is 0.0556. The lowest BCUT2D eigenvalue weighted by molar-refractivity contribution is -0.384. The summed E-state index contributed by atoms with van der Waals surface area (Å²) in [5.41, 5.74) is 3.38. The molecule has 0 fully saturated rings. The van der Waals surface area contributed by atoms with Crippen molar-refractivity contribution in [2.24, 2.45) is 5.10 Å². The first-order valence-corrected chi connectivity index (χ1v) is 9.77. The molecule has 0 saturated carbocycles. The fourth-order valence-electron chi connectivity index (χ4n) is 2.44. The van der Waals surface area contributed by atoms with Crippen molar-refractivity contribution in [3.05, 3.63) is 84.0 Å². The molecule has 0 unspecified atom stereocenters. The van der Waals surface area contributed by atoms with E-state index in [9.17, 15) is 20.0 Å². The van der Waals surface area contributed by atoms with Gasteiger partial charge in [0.1, 0.15) is 5.75 Å². The number of amides is 1. The van der Waals surface area contributed by atoms with Crippen molar-refractivity contribution < 1.29 is 14.8 Å². The number of hydrogen-bond acceptors (Lipinski definition) is 6. The van der Waals surface area contributed by atoms with Gasteiger partial charge >= 0.3 is 0 Å². The van der Waals surface area contributed by atoms with Crippen LogP contribution in [0.3, 0.4) is 0 Å². The smallest absolute Gasteiger partial charge is 0.293 e. The zero-order valence-corrected chi connectivity index (χ0v) is 18.0. The number of hydrogen-bond donors (Lipinski definition) is 2. The number of carbonyl (C=O) groups is 1. The Morgan fingerprint density at radius 3 is 2.70 bits per heavy atom. The summed E-state index contributed by atoms with van der Waals surface area (Å²) in [6.07, 6.45) is 2.80. The van der Waals surface area contributed by atoms with Crippen LogP contribution in [0.4, 0.5) is 5.69 Å². The maximum Gasteiger partial charge on any atom is 0.293 e. The maximum absolute atomic E-state index is 12.3. The van der Waals surface area contributed by atoms with Gasteiger partial charge in [0.2, 0.25) is 0 Å².